The van der Waals surface area contributed by atoms with Gasteiger partial charge in [0.25, 0.3) is 0 Å². The fraction of sp³-hybridized carbons (Fsp3) is 0.250. The van der Waals surface area contributed by atoms with E-state index in [1.807, 2.05) is 13.8 Å². The zero-order valence-electron chi connectivity index (χ0n) is 10.2. The summed E-state index contributed by atoms with van der Waals surface area (Å²) in [6.07, 6.45) is 0. The SMILES string of the molecule is Cc1nc(CS(=O)(=O)c2ccc(N)cc2)sc1C. The standard InChI is InChI=1S/C12H14N2O2S2/c1-8-9(2)17-12(14-8)7-18(15,16)11-5-3-10(13)4-6-11/h3-6H,7,13H2,1-2H3. The van der Waals surface area contributed by atoms with Gasteiger partial charge < -0.3 is 5.73 Å². The van der Waals surface area contributed by atoms with Gasteiger partial charge in [-0.15, -0.1) is 11.3 Å². The maximum absolute atomic E-state index is 12.2. The van der Waals surface area contributed by atoms with Crippen molar-refractivity contribution in [2.45, 2.75) is 24.5 Å². The zero-order chi connectivity index (χ0) is 13.3. The molecule has 0 aliphatic rings. The summed E-state index contributed by atoms with van der Waals surface area (Å²) in [5, 5.41) is 0.627. The van der Waals surface area contributed by atoms with Crippen molar-refractivity contribution in [2.24, 2.45) is 0 Å². The second kappa shape index (κ2) is 4.70. The highest BCUT2D eigenvalue weighted by Crippen LogP contribution is 2.22. The lowest BCUT2D eigenvalue weighted by Crippen LogP contribution is -2.04. The van der Waals surface area contributed by atoms with E-state index in [1.165, 1.54) is 23.5 Å². The number of hydrogen-bond donors (Lipinski definition) is 1. The summed E-state index contributed by atoms with van der Waals surface area (Å²) in [7, 11) is -3.34. The van der Waals surface area contributed by atoms with Crippen LogP contribution in [0.1, 0.15) is 15.6 Å². The van der Waals surface area contributed by atoms with Gasteiger partial charge in [-0.1, -0.05) is 0 Å². The molecule has 2 rings (SSSR count). The highest BCUT2D eigenvalue weighted by Gasteiger charge is 2.18. The molecule has 0 radical (unpaired) electrons. The van der Waals surface area contributed by atoms with E-state index in [4.69, 9.17) is 5.73 Å². The van der Waals surface area contributed by atoms with Crippen LogP contribution < -0.4 is 5.73 Å². The molecule has 0 amide bonds. The number of sulfone groups is 1. The molecule has 0 atom stereocenters. The van der Waals surface area contributed by atoms with Gasteiger partial charge in [0.1, 0.15) is 10.8 Å². The molecule has 6 heteroatoms. The van der Waals surface area contributed by atoms with Gasteiger partial charge in [-0.05, 0) is 38.1 Å². The van der Waals surface area contributed by atoms with E-state index in [9.17, 15) is 8.42 Å². The number of anilines is 1. The molecule has 0 aliphatic heterocycles. The molecule has 4 nitrogen and oxygen atoms in total. The average molecular weight is 282 g/mol. The highest BCUT2D eigenvalue weighted by molar-refractivity contribution is 7.90. The Balaban J connectivity index is 2.29. The zero-order valence-corrected chi connectivity index (χ0v) is 11.8. The van der Waals surface area contributed by atoms with E-state index < -0.39 is 9.84 Å². The Kier molecular flexibility index (Phi) is 3.41. The van der Waals surface area contributed by atoms with Gasteiger partial charge in [-0.3, -0.25) is 0 Å². The van der Waals surface area contributed by atoms with Gasteiger partial charge >= 0.3 is 0 Å². The largest absolute Gasteiger partial charge is 0.399 e. The van der Waals surface area contributed by atoms with Crippen LogP contribution in [0.5, 0.6) is 0 Å². The minimum atomic E-state index is -3.34. The Morgan fingerprint density at radius 1 is 1.22 bits per heavy atom. The Morgan fingerprint density at radius 2 is 1.83 bits per heavy atom. The third kappa shape index (κ3) is 2.70. The maximum atomic E-state index is 12.2. The topological polar surface area (TPSA) is 73.0 Å². The summed E-state index contributed by atoms with van der Waals surface area (Å²) in [6.45, 7) is 3.82. The number of nitrogens with two attached hydrogens (primary N) is 1. The van der Waals surface area contributed by atoms with Crippen LogP contribution in [-0.4, -0.2) is 13.4 Å². The van der Waals surface area contributed by atoms with Gasteiger partial charge in [0, 0.05) is 10.6 Å². The van der Waals surface area contributed by atoms with Crippen molar-refractivity contribution in [2.75, 3.05) is 5.73 Å². The second-order valence-corrected chi connectivity index (χ2v) is 7.35. The molecule has 0 spiro atoms. The number of nitrogen functional groups attached to an aromatic ring is 1. The molecule has 0 aliphatic carbocycles. The summed E-state index contributed by atoms with van der Waals surface area (Å²) in [5.41, 5.74) is 6.98. The third-order valence-electron chi connectivity index (χ3n) is 2.63. The van der Waals surface area contributed by atoms with Crippen molar-refractivity contribution in [1.29, 1.82) is 0 Å². The molecule has 0 unspecified atom stereocenters. The minimum absolute atomic E-state index is 0.0593. The Labute approximate surface area is 110 Å². The monoisotopic (exact) mass is 282 g/mol. The lowest BCUT2D eigenvalue weighted by atomic mass is 10.3. The number of aryl methyl sites for hydroxylation is 2. The first-order valence-electron chi connectivity index (χ1n) is 5.40. The fourth-order valence-corrected chi connectivity index (χ4v) is 4.06. The number of aromatic nitrogens is 1. The lowest BCUT2D eigenvalue weighted by molar-refractivity contribution is 0.595. The Hall–Kier alpha value is -1.40. The second-order valence-electron chi connectivity index (χ2n) is 4.08. The molecule has 18 heavy (non-hydrogen) atoms. The predicted molar refractivity (Wildman–Crippen MR) is 73.3 cm³/mol. The van der Waals surface area contributed by atoms with Crippen LogP contribution in [-0.2, 0) is 15.6 Å². The highest BCUT2D eigenvalue weighted by atomic mass is 32.2. The van der Waals surface area contributed by atoms with Crippen LogP contribution in [0.15, 0.2) is 29.2 Å². The van der Waals surface area contributed by atoms with Crippen molar-refractivity contribution in [1.82, 2.24) is 4.98 Å². The number of rotatable bonds is 3. The molecule has 0 saturated heterocycles. The molecule has 0 bridgehead atoms. The normalized spacial score (nSPS) is 11.7. The molecule has 96 valence electrons. The lowest BCUT2D eigenvalue weighted by Gasteiger charge is -2.02. The Bertz CT molecular complexity index is 638. The van der Waals surface area contributed by atoms with Crippen LogP contribution in [0.3, 0.4) is 0 Å². The molecule has 1 aromatic carbocycles. The number of hydrogen-bond acceptors (Lipinski definition) is 5. The van der Waals surface area contributed by atoms with Gasteiger partial charge in [-0.2, -0.15) is 0 Å². The third-order valence-corrected chi connectivity index (χ3v) is 5.52. The van der Waals surface area contributed by atoms with Crippen LogP contribution in [0.25, 0.3) is 0 Å². The fourth-order valence-electron chi connectivity index (χ4n) is 1.52. The van der Waals surface area contributed by atoms with Crippen LogP contribution >= 0.6 is 11.3 Å². The van der Waals surface area contributed by atoms with E-state index in [0.29, 0.717) is 10.7 Å². The van der Waals surface area contributed by atoms with E-state index in [-0.39, 0.29) is 10.6 Å². The van der Waals surface area contributed by atoms with E-state index in [0.717, 1.165) is 10.6 Å². The van der Waals surface area contributed by atoms with Crippen molar-refractivity contribution >= 4 is 26.9 Å². The number of thiazole rings is 1. The summed E-state index contributed by atoms with van der Waals surface area (Å²) in [5.74, 6) is -0.0593. The average Bonchev–Trinajstić information content (AvgIpc) is 2.57. The van der Waals surface area contributed by atoms with Crippen molar-refractivity contribution in [3.63, 3.8) is 0 Å². The molecule has 1 heterocycles. The summed E-state index contributed by atoms with van der Waals surface area (Å²) < 4.78 is 24.3. The van der Waals surface area contributed by atoms with Crippen LogP contribution in [0, 0.1) is 13.8 Å². The van der Waals surface area contributed by atoms with Gasteiger partial charge in [-0.25, -0.2) is 13.4 Å². The first-order valence-corrected chi connectivity index (χ1v) is 7.86. The van der Waals surface area contributed by atoms with Crippen LogP contribution in [0.4, 0.5) is 5.69 Å². The molecule has 1 aromatic heterocycles. The van der Waals surface area contributed by atoms with Gasteiger partial charge in [0.05, 0.1) is 10.6 Å². The first-order chi connectivity index (χ1) is 8.38. The first kappa shape index (κ1) is 13.0. The van der Waals surface area contributed by atoms with Crippen LogP contribution in [0.2, 0.25) is 0 Å². The molecular weight excluding hydrogens is 268 g/mol. The minimum Gasteiger partial charge on any atom is -0.399 e. The van der Waals surface area contributed by atoms with E-state index in [1.54, 1.807) is 12.1 Å². The summed E-state index contributed by atoms with van der Waals surface area (Å²) in [6, 6.07) is 6.23. The van der Waals surface area contributed by atoms with E-state index >= 15 is 0 Å². The number of nitrogens with zero attached hydrogens (tertiary/aromatic N) is 1. The molecule has 2 N–H and O–H groups in total. The molecule has 0 fully saturated rings. The van der Waals surface area contributed by atoms with Gasteiger partial charge in [0.15, 0.2) is 9.84 Å². The van der Waals surface area contributed by atoms with Crippen molar-refractivity contribution in [3.8, 4) is 0 Å². The smallest absolute Gasteiger partial charge is 0.184 e. The Morgan fingerprint density at radius 3 is 2.33 bits per heavy atom. The van der Waals surface area contributed by atoms with Crippen molar-refractivity contribution < 1.29 is 8.42 Å². The predicted octanol–water partition coefficient (Wildman–Crippen LogP) is 2.32. The van der Waals surface area contributed by atoms with Gasteiger partial charge in [0.2, 0.25) is 0 Å². The van der Waals surface area contributed by atoms with E-state index in [2.05, 4.69) is 4.98 Å². The molecule has 0 saturated carbocycles. The number of benzene rings is 1. The molecule has 2 aromatic rings. The summed E-state index contributed by atoms with van der Waals surface area (Å²) in [4.78, 5) is 5.59. The quantitative estimate of drug-likeness (QED) is 0.877. The maximum Gasteiger partial charge on any atom is 0.184 e. The molecular formula is C12H14N2O2S2. The summed E-state index contributed by atoms with van der Waals surface area (Å²) >= 11 is 1.42. The van der Waals surface area contributed by atoms with Crippen molar-refractivity contribution in [3.05, 3.63) is 39.8 Å².